The lowest BCUT2D eigenvalue weighted by molar-refractivity contribution is -0.141. The van der Waals surface area contributed by atoms with Crippen LogP contribution in [0.15, 0.2) is 51.8 Å². The van der Waals surface area contributed by atoms with E-state index in [-0.39, 0.29) is 11.4 Å². The molecule has 1 aromatic heterocycles. The Hall–Kier alpha value is -2.27. The van der Waals surface area contributed by atoms with E-state index in [1.54, 1.807) is 6.07 Å². The predicted molar refractivity (Wildman–Crippen MR) is 94.7 cm³/mol. The van der Waals surface area contributed by atoms with Gasteiger partial charge in [-0.1, -0.05) is 22.0 Å². The minimum absolute atomic E-state index is 0.159. The van der Waals surface area contributed by atoms with E-state index >= 15 is 0 Å². The van der Waals surface area contributed by atoms with Crippen LogP contribution in [0.1, 0.15) is 5.69 Å². The summed E-state index contributed by atoms with van der Waals surface area (Å²) in [5.41, 5.74) is -2.10. The molecular weight excluding hydrogens is 471 g/mol. The summed E-state index contributed by atoms with van der Waals surface area (Å²) in [6, 6.07) is 7.57. The Morgan fingerprint density at radius 3 is 2.29 bits per heavy atom. The second-order valence-electron chi connectivity index (χ2n) is 5.84. The highest BCUT2D eigenvalue weighted by atomic mass is 79.9. The normalized spacial score (nSPS) is 12.4. The Labute approximate surface area is 164 Å². The molecule has 1 heterocycles. The van der Waals surface area contributed by atoms with Crippen molar-refractivity contribution in [1.29, 1.82) is 0 Å². The zero-order valence-corrected chi connectivity index (χ0v) is 16.3. The molecule has 2 aromatic carbocycles. The second kappa shape index (κ2) is 6.96. The maximum atomic E-state index is 14.6. The summed E-state index contributed by atoms with van der Waals surface area (Å²) in [4.78, 5) is -0.890. The predicted octanol–water partition coefficient (Wildman–Crippen LogP) is 5.00. The van der Waals surface area contributed by atoms with Gasteiger partial charge in [0.15, 0.2) is 15.5 Å². The van der Waals surface area contributed by atoms with Crippen LogP contribution in [-0.2, 0) is 16.0 Å². The molecule has 0 atom stereocenters. The second-order valence-corrected chi connectivity index (χ2v) is 8.74. The molecule has 0 fully saturated rings. The van der Waals surface area contributed by atoms with Crippen LogP contribution in [0.5, 0.6) is 0 Å². The van der Waals surface area contributed by atoms with Gasteiger partial charge < -0.3 is 0 Å². The van der Waals surface area contributed by atoms with E-state index < -0.39 is 43.8 Å². The largest absolute Gasteiger partial charge is 0.435 e. The van der Waals surface area contributed by atoms with E-state index in [0.29, 0.717) is 28.9 Å². The number of sulfone groups is 1. The Morgan fingerprint density at radius 2 is 1.71 bits per heavy atom. The topological polar surface area (TPSA) is 52.0 Å². The van der Waals surface area contributed by atoms with Crippen molar-refractivity contribution < 1.29 is 30.4 Å². The summed E-state index contributed by atoms with van der Waals surface area (Å²) in [6.45, 7) is 0. The average Bonchev–Trinajstić information content (AvgIpc) is 3.01. The van der Waals surface area contributed by atoms with Gasteiger partial charge in [-0.15, -0.1) is 0 Å². The number of nitrogens with zero attached hydrogens (tertiary/aromatic N) is 2. The van der Waals surface area contributed by atoms with Gasteiger partial charge in [-0.3, -0.25) is 0 Å². The van der Waals surface area contributed by atoms with Gasteiger partial charge in [-0.2, -0.15) is 18.3 Å². The van der Waals surface area contributed by atoms with Gasteiger partial charge in [0.25, 0.3) is 0 Å². The molecule has 3 rings (SSSR count). The summed E-state index contributed by atoms with van der Waals surface area (Å²) < 4.78 is 92.7. The standard InChI is InChI=1S/C17H10BrF5N2O2S/c1-28(26,27)15-7-12(19)11(6-13(15)20)14-8-16(17(21,22)23)24-25(14)10-4-2-3-9(18)5-10/h2-8H,1H3. The molecule has 0 saturated heterocycles. The highest BCUT2D eigenvalue weighted by Crippen LogP contribution is 2.35. The molecule has 0 saturated carbocycles. The number of aromatic nitrogens is 2. The number of rotatable bonds is 3. The zero-order valence-electron chi connectivity index (χ0n) is 13.9. The molecule has 0 bridgehead atoms. The van der Waals surface area contributed by atoms with E-state index in [4.69, 9.17) is 0 Å². The first-order chi connectivity index (χ1) is 12.9. The SMILES string of the molecule is CS(=O)(=O)c1cc(F)c(-c2cc(C(F)(F)F)nn2-c2cccc(Br)c2)cc1F. The Bertz CT molecular complexity index is 1170. The zero-order chi connectivity index (χ0) is 20.9. The van der Waals surface area contributed by atoms with Crippen molar-refractivity contribution in [2.75, 3.05) is 6.26 Å². The summed E-state index contributed by atoms with van der Waals surface area (Å²) in [5, 5.41) is 3.47. The number of hydrogen-bond acceptors (Lipinski definition) is 3. The van der Waals surface area contributed by atoms with Crippen LogP contribution in [0.3, 0.4) is 0 Å². The fourth-order valence-electron chi connectivity index (χ4n) is 2.53. The fraction of sp³-hybridized carbons (Fsp3) is 0.118. The van der Waals surface area contributed by atoms with Crippen LogP contribution in [0.25, 0.3) is 16.9 Å². The van der Waals surface area contributed by atoms with Gasteiger partial charge in [-0.25, -0.2) is 21.9 Å². The summed E-state index contributed by atoms with van der Waals surface area (Å²) in [7, 11) is -4.06. The molecule has 0 unspecified atom stereocenters. The van der Waals surface area contributed by atoms with Gasteiger partial charge in [0.05, 0.1) is 11.4 Å². The van der Waals surface area contributed by atoms with Crippen molar-refractivity contribution in [2.24, 2.45) is 0 Å². The van der Waals surface area contributed by atoms with E-state index in [1.807, 2.05) is 0 Å². The van der Waals surface area contributed by atoms with Crippen molar-refractivity contribution in [3.05, 3.63) is 64.3 Å². The van der Waals surface area contributed by atoms with Crippen LogP contribution in [0, 0.1) is 11.6 Å². The number of hydrogen-bond donors (Lipinski definition) is 0. The molecule has 11 heteroatoms. The molecule has 148 valence electrons. The fourth-order valence-corrected chi connectivity index (χ4v) is 3.64. The minimum Gasteiger partial charge on any atom is -0.232 e. The van der Waals surface area contributed by atoms with E-state index in [9.17, 15) is 30.4 Å². The monoisotopic (exact) mass is 480 g/mol. The molecule has 0 N–H and O–H groups in total. The van der Waals surface area contributed by atoms with Gasteiger partial charge in [0.1, 0.15) is 16.5 Å². The lowest BCUT2D eigenvalue weighted by Gasteiger charge is -2.10. The van der Waals surface area contributed by atoms with Crippen LogP contribution >= 0.6 is 15.9 Å². The molecule has 3 aromatic rings. The third-order valence-electron chi connectivity index (χ3n) is 3.75. The third-order valence-corrected chi connectivity index (χ3v) is 5.35. The first-order valence-electron chi connectivity index (χ1n) is 7.50. The van der Waals surface area contributed by atoms with Crippen molar-refractivity contribution in [1.82, 2.24) is 9.78 Å². The van der Waals surface area contributed by atoms with Gasteiger partial charge >= 0.3 is 6.18 Å². The quantitative estimate of drug-likeness (QED) is 0.495. The summed E-state index contributed by atoms with van der Waals surface area (Å²) in [5.74, 6) is -2.49. The average molecular weight is 481 g/mol. The van der Waals surface area contributed by atoms with Crippen molar-refractivity contribution in [3.63, 3.8) is 0 Å². The number of benzene rings is 2. The third kappa shape index (κ3) is 3.95. The molecule has 0 aliphatic heterocycles. The van der Waals surface area contributed by atoms with E-state index in [0.717, 1.165) is 4.68 Å². The maximum absolute atomic E-state index is 14.6. The molecule has 0 spiro atoms. The van der Waals surface area contributed by atoms with Crippen molar-refractivity contribution in [3.8, 4) is 16.9 Å². The molecule has 4 nitrogen and oxygen atoms in total. The Kier molecular flexibility index (Phi) is 5.09. The maximum Gasteiger partial charge on any atom is 0.435 e. The van der Waals surface area contributed by atoms with Crippen molar-refractivity contribution in [2.45, 2.75) is 11.1 Å². The molecule has 0 radical (unpaired) electrons. The smallest absolute Gasteiger partial charge is 0.232 e. The highest BCUT2D eigenvalue weighted by molar-refractivity contribution is 9.10. The Morgan fingerprint density at radius 1 is 1.04 bits per heavy atom. The first-order valence-corrected chi connectivity index (χ1v) is 10.2. The van der Waals surface area contributed by atoms with Gasteiger partial charge in [0.2, 0.25) is 0 Å². The van der Waals surface area contributed by atoms with Crippen LogP contribution < -0.4 is 0 Å². The Balaban J connectivity index is 2.30. The molecule has 28 heavy (non-hydrogen) atoms. The van der Waals surface area contributed by atoms with E-state index in [2.05, 4.69) is 21.0 Å². The lowest BCUT2D eigenvalue weighted by atomic mass is 10.1. The van der Waals surface area contributed by atoms with Crippen LogP contribution in [0.4, 0.5) is 22.0 Å². The van der Waals surface area contributed by atoms with Gasteiger partial charge in [-0.05, 0) is 36.4 Å². The number of halogens is 6. The van der Waals surface area contributed by atoms with Crippen LogP contribution in [0.2, 0.25) is 0 Å². The van der Waals surface area contributed by atoms with Crippen molar-refractivity contribution >= 4 is 25.8 Å². The van der Waals surface area contributed by atoms with Gasteiger partial charge in [0, 0.05) is 16.3 Å². The minimum atomic E-state index is -4.83. The van der Waals surface area contributed by atoms with Crippen LogP contribution in [-0.4, -0.2) is 24.5 Å². The highest BCUT2D eigenvalue weighted by Gasteiger charge is 2.36. The molecule has 0 amide bonds. The molecule has 0 aliphatic rings. The lowest BCUT2D eigenvalue weighted by Crippen LogP contribution is -2.07. The molecule has 0 aliphatic carbocycles. The van der Waals surface area contributed by atoms with E-state index in [1.165, 1.54) is 18.2 Å². The molecular formula is C17H10BrF5N2O2S. The summed E-state index contributed by atoms with van der Waals surface area (Å²) >= 11 is 3.18. The number of alkyl halides is 3. The summed E-state index contributed by atoms with van der Waals surface area (Å²) in [6.07, 6.45) is -4.13. The first kappa shape index (κ1) is 20.5.